The Hall–Kier alpha value is -1.88. The van der Waals surface area contributed by atoms with Crippen molar-refractivity contribution in [3.8, 4) is 0 Å². The second-order valence-corrected chi connectivity index (χ2v) is 4.65. The minimum absolute atomic E-state index is 0.0430. The summed E-state index contributed by atoms with van der Waals surface area (Å²) in [5.41, 5.74) is 1.01. The Morgan fingerprint density at radius 3 is 2.80 bits per heavy atom. The van der Waals surface area contributed by atoms with Crippen LogP contribution in [-0.2, 0) is 20.9 Å². The molecule has 1 aliphatic heterocycles. The van der Waals surface area contributed by atoms with Crippen LogP contribution in [-0.4, -0.2) is 42.6 Å². The minimum Gasteiger partial charge on any atom is -0.450 e. The van der Waals surface area contributed by atoms with Crippen LogP contribution in [0.5, 0.6) is 0 Å². The van der Waals surface area contributed by atoms with E-state index in [1.807, 2.05) is 30.3 Å². The van der Waals surface area contributed by atoms with Gasteiger partial charge >= 0.3 is 6.09 Å². The molecular formula is C15H19NO4. The van der Waals surface area contributed by atoms with Crippen LogP contribution in [0.4, 0.5) is 4.79 Å². The van der Waals surface area contributed by atoms with Crippen molar-refractivity contribution in [2.75, 3.05) is 19.7 Å². The van der Waals surface area contributed by atoms with Gasteiger partial charge in [0.05, 0.1) is 19.8 Å². The number of rotatable bonds is 4. The molecule has 2 rings (SSSR count). The molecule has 1 aromatic rings. The third-order valence-corrected chi connectivity index (χ3v) is 3.19. The van der Waals surface area contributed by atoms with E-state index in [1.54, 1.807) is 6.92 Å². The van der Waals surface area contributed by atoms with E-state index >= 15 is 0 Å². The highest BCUT2D eigenvalue weighted by Gasteiger charge is 2.31. The second kappa shape index (κ2) is 7.05. The molecule has 1 fully saturated rings. The average Bonchev–Trinajstić information content (AvgIpc) is 2.47. The summed E-state index contributed by atoms with van der Waals surface area (Å²) in [6.45, 7) is 3.14. The van der Waals surface area contributed by atoms with Gasteiger partial charge in [0, 0.05) is 13.0 Å². The highest BCUT2D eigenvalue weighted by Crippen LogP contribution is 2.13. The summed E-state index contributed by atoms with van der Waals surface area (Å²) in [5.74, 6) is 0.0430. The van der Waals surface area contributed by atoms with Crippen molar-refractivity contribution in [2.24, 2.45) is 0 Å². The summed E-state index contributed by atoms with van der Waals surface area (Å²) in [6, 6.07) is 9.66. The Labute approximate surface area is 118 Å². The predicted molar refractivity (Wildman–Crippen MR) is 73.2 cm³/mol. The number of ketones is 1. The van der Waals surface area contributed by atoms with Crippen LogP contribution in [0.2, 0.25) is 0 Å². The van der Waals surface area contributed by atoms with Gasteiger partial charge in [-0.25, -0.2) is 4.79 Å². The van der Waals surface area contributed by atoms with Crippen molar-refractivity contribution >= 4 is 11.9 Å². The van der Waals surface area contributed by atoms with E-state index in [2.05, 4.69) is 0 Å². The molecule has 0 N–H and O–H groups in total. The molecule has 0 radical (unpaired) electrons. The fourth-order valence-corrected chi connectivity index (χ4v) is 2.10. The quantitative estimate of drug-likeness (QED) is 0.844. The molecule has 20 heavy (non-hydrogen) atoms. The van der Waals surface area contributed by atoms with E-state index in [0.717, 1.165) is 5.56 Å². The molecule has 1 saturated heterocycles. The van der Waals surface area contributed by atoms with Crippen LogP contribution < -0.4 is 0 Å². The van der Waals surface area contributed by atoms with Gasteiger partial charge in [-0.2, -0.15) is 0 Å². The van der Waals surface area contributed by atoms with E-state index in [1.165, 1.54) is 4.90 Å². The van der Waals surface area contributed by atoms with Crippen LogP contribution in [0.15, 0.2) is 30.3 Å². The largest absolute Gasteiger partial charge is 0.450 e. The molecule has 0 spiro atoms. The number of ether oxygens (including phenoxy) is 2. The number of carbonyl (C=O) groups is 2. The molecule has 1 unspecified atom stereocenters. The van der Waals surface area contributed by atoms with Gasteiger partial charge < -0.3 is 14.4 Å². The van der Waals surface area contributed by atoms with Gasteiger partial charge in [0.25, 0.3) is 0 Å². The molecule has 0 aliphatic carbocycles. The van der Waals surface area contributed by atoms with Gasteiger partial charge in [-0.05, 0) is 12.5 Å². The molecular weight excluding hydrogens is 258 g/mol. The van der Waals surface area contributed by atoms with Gasteiger partial charge in [-0.3, -0.25) is 4.79 Å². The SMILES string of the molecule is CCOC(=O)N1CCC(=O)C(OCc2ccccc2)C1. The zero-order valence-corrected chi connectivity index (χ0v) is 11.6. The zero-order chi connectivity index (χ0) is 14.4. The number of likely N-dealkylation sites (tertiary alicyclic amines) is 1. The molecule has 1 atom stereocenters. The Bertz CT molecular complexity index is 460. The van der Waals surface area contributed by atoms with E-state index < -0.39 is 6.10 Å². The number of nitrogens with zero attached hydrogens (tertiary/aromatic N) is 1. The molecule has 5 heteroatoms. The number of benzene rings is 1. The first kappa shape index (κ1) is 14.5. The van der Waals surface area contributed by atoms with E-state index in [9.17, 15) is 9.59 Å². The smallest absolute Gasteiger partial charge is 0.409 e. The van der Waals surface area contributed by atoms with E-state index in [4.69, 9.17) is 9.47 Å². The maximum absolute atomic E-state index is 11.8. The van der Waals surface area contributed by atoms with Gasteiger partial charge in [0.15, 0.2) is 5.78 Å². The summed E-state index contributed by atoms with van der Waals surface area (Å²) in [5, 5.41) is 0. The lowest BCUT2D eigenvalue weighted by Gasteiger charge is -2.30. The fourth-order valence-electron chi connectivity index (χ4n) is 2.10. The summed E-state index contributed by atoms with van der Waals surface area (Å²) >= 11 is 0. The topological polar surface area (TPSA) is 55.8 Å². The Kier molecular flexibility index (Phi) is 5.12. The van der Waals surface area contributed by atoms with E-state index in [0.29, 0.717) is 26.2 Å². The number of amides is 1. The molecule has 0 saturated carbocycles. The summed E-state index contributed by atoms with van der Waals surface area (Å²) in [6.07, 6.45) is -0.625. The van der Waals surface area contributed by atoms with Crippen molar-refractivity contribution in [2.45, 2.75) is 26.1 Å². The van der Waals surface area contributed by atoms with E-state index in [-0.39, 0.29) is 18.4 Å². The van der Waals surface area contributed by atoms with Crippen LogP contribution in [0.1, 0.15) is 18.9 Å². The zero-order valence-electron chi connectivity index (χ0n) is 11.6. The number of piperidine rings is 1. The lowest BCUT2D eigenvalue weighted by atomic mass is 10.1. The van der Waals surface area contributed by atoms with Gasteiger partial charge in [-0.1, -0.05) is 30.3 Å². The molecule has 1 aromatic carbocycles. The van der Waals surface area contributed by atoms with Crippen LogP contribution >= 0.6 is 0 Å². The van der Waals surface area contributed by atoms with Gasteiger partial charge in [-0.15, -0.1) is 0 Å². The fraction of sp³-hybridized carbons (Fsp3) is 0.467. The molecule has 1 amide bonds. The Balaban J connectivity index is 1.89. The number of hydrogen-bond donors (Lipinski definition) is 0. The van der Waals surface area contributed by atoms with Gasteiger partial charge in [0.2, 0.25) is 0 Å². The normalized spacial score (nSPS) is 18.9. The minimum atomic E-state index is -0.562. The van der Waals surface area contributed by atoms with Crippen molar-refractivity contribution in [1.82, 2.24) is 4.90 Å². The molecule has 0 bridgehead atoms. The van der Waals surface area contributed by atoms with Crippen LogP contribution in [0.25, 0.3) is 0 Å². The maximum Gasteiger partial charge on any atom is 0.409 e. The number of carbonyl (C=O) groups excluding carboxylic acids is 2. The molecule has 5 nitrogen and oxygen atoms in total. The first-order chi connectivity index (χ1) is 9.70. The standard InChI is InChI=1S/C15H19NO4/c1-2-19-15(18)16-9-8-13(17)14(10-16)20-11-12-6-4-3-5-7-12/h3-7,14H,2,8-11H2,1H3. The predicted octanol–water partition coefficient (Wildman–Crippen LogP) is 2.00. The second-order valence-electron chi connectivity index (χ2n) is 4.65. The van der Waals surface area contributed by atoms with Crippen molar-refractivity contribution < 1.29 is 19.1 Å². The summed E-state index contributed by atoms with van der Waals surface area (Å²) < 4.78 is 10.6. The molecule has 108 valence electrons. The third-order valence-electron chi connectivity index (χ3n) is 3.19. The highest BCUT2D eigenvalue weighted by molar-refractivity contribution is 5.85. The van der Waals surface area contributed by atoms with Gasteiger partial charge in [0.1, 0.15) is 6.10 Å². The monoisotopic (exact) mass is 277 g/mol. The maximum atomic E-state index is 11.8. The molecule has 1 aliphatic rings. The van der Waals surface area contributed by atoms with Crippen molar-refractivity contribution in [1.29, 1.82) is 0 Å². The summed E-state index contributed by atoms with van der Waals surface area (Å²) in [4.78, 5) is 25.0. The first-order valence-corrected chi connectivity index (χ1v) is 6.80. The Morgan fingerprint density at radius 1 is 1.35 bits per heavy atom. The van der Waals surface area contributed by atoms with Crippen molar-refractivity contribution in [3.05, 3.63) is 35.9 Å². The molecule has 0 aromatic heterocycles. The van der Waals surface area contributed by atoms with Crippen molar-refractivity contribution in [3.63, 3.8) is 0 Å². The highest BCUT2D eigenvalue weighted by atomic mass is 16.6. The number of hydrogen-bond acceptors (Lipinski definition) is 4. The average molecular weight is 277 g/mol. The van der Waals surface area contributed by atoms with Crippen LogP contribution in [0, 0.1) is 0 Å². The third kappa shape index (κ3) is 3.81. The molecule has 1 heterocycles. The first-order valence-electron chi connectivity index (χ1n) is 6.80. The lowest BCUT2D eigenvalue weighted by molar-refractivity contribution is -0.136. The Morgan fingerprint density at radius 2 is 2.10 bits per heavy atom. The lowest BCUT2D eigenvalue weighted by Crippen LogP contribution is -2.48. The number of Topliss-reactive ketones (excluding diaryl/α,β-unsaturated/α-hetero) is 1. The summed E-state index contributed by atoms with van der Waals surface area (Å²) in [7, 11) is 0. The van der Waals surface area contributed by atoms with Crippen LogP contribution in [0.3, 0.4) is 0 Å².